The van der Waals surface area contributed by atoms with Gasteiger partial charge in [-0.1, -0.05) is 43.0 Å². The predicted molar refractivity (Wildman–Crippen MR) is 86.6 cm³/mol. The smallest absolute Gasteiger partial charge is 0.0488 e. The van der Waals surface area contributed by atoms with Crippen LogP contribution in [0.15, 0.2) is 54.8 Å². The van der Waals surface area contributed by atoms with Crippen LogP contribution in [0.4, 0.5) is 0 Å². The van der Waals surface area contributed by atoms with Crippen LogP contribution < -0.4 is 0 Å². The van der Waals surface area contributed by atoms with Gasteiger partial charge in [-0.25, -0.2) is 0 Å². The zero-order chi connectivity index (χ0) is 14.6. The van der Waals surface area contributed by atoms with Crippen LogP contribution in [0.3, 0.4) is 0 Å². The van der Waals surface area contributed by atoms with Gasteiger partial charge in [-0.15, -0.1) is 0 Å². The van der Waals surface area contributed by atoms with Gasteiger partial charge in [-0.3, -0.25) is 4.90 Å². The fourth-order valence-electron chi connectivity index (χ4n) is 3.31. The minimum atomic E-state index is 0.164. The molecular formula is C18H26N2. The van der Waals surface area contributed by atoms with Crippen LogP contribution in [0.1, 0.15) is 25.3 Å². The first-order valence-corrected chi connectivity index (χ1v) is 7.40. The number of nitrogens with zero attached hydrogens (tertiary/aromatic N) is 2. The second-order valence-electron chi connectivity index (χ2n) is 5.70. The molecule has 1 saturated heterocycles. The van der Waals surface area contributed by atoms with Crippen LogP contribution in [0, 0.1) is 0 Å². The Balaban J connectivity index is 2.21. The highest BCUT2D eigenvalue weighted by Crippen LogP contribution is 2.38. The van der Waals surface area contributed by atoms with Gasteiger partial charge in [-0.2, -0.15) is 0 Å². The molecule has 0 aliphatic carbocycles. The lowest BCUT2D eigenvalue weighted by Crippen LogP contribution is -2.50. The van der Waals surface area contributed by atoms with E-state index in [0.29, 0.717) is 0 Å². The van der Waals surface area contributed by atoms with Crippen LogP contribution in [0.2, 0.25) is 0 Å². The van der Waals surface area contributed by atoms with Crippen LogP contribution in [-0.2, 0) is 5.54 Å². The summed E-state index contributed by atoms with van der Waals surface area (Å²) in [4.78, 5) is 4.83. The summed E-state index contributed by atoms with van der Waals surface area (Å²) in [5.74, 6) is 0. The number of piperidine rings is 1. The summed E-state index contributed by atoms with van der Waals surface area (Å²) in [7, 11) is 4.40. The van der Waals surface area contributed by atoms with Crippen LogP contribution in [-0.4, -0.2) is 37.0 Å². The average molecular weight is 270 g/mol. The van der Waals surface area contributed by atoms with E-state index in [9.17, 15) is 0 Å². The van der Waals surface area contributed by atoms with Gasteiger partial charge in [0, 0.05) is 24.3 Å². The van der Waals surface area contributed by atoms with E-state index in [0.717, 1.165) is 25.9 Å². The molecule has 1 heterocycles. The maximum atomic E-state index is 3.92. The maximum Gasteiger partial charge on any atom is 0.0488 e. The monoisotopic (exact) mass is 270 g/mol. The second kappa shape index (κ2) is 6.27. The summed E-state index contributed by atoms with van der Waals surface area (Å²) in [5, 5.41) is 0. The fraction of sp³-hybridized carbons (Fsp3) is 0.444. The SMILES string of the molecule is C=C/C(=C/C)N1CCC(c2ccccc2)(N(C)C)CC1. The molecule has 2 heteroatoms. The number of likely N-dealkylation sites (tertiary alicyclic amines) is 1. The molecule has 0 radical (unpaired) electrons. The zero-order valence-electron chi connectivity index (χ0n) is 13.0. The Kier molecular flexibility index (Phi) is 4.66. The molecule has 0 saturated carbocycles. The highest BCUT2D eigenvalue weighted by atomic mass is 15.2. The van der Waals surface area contributed by atoms with Gasteiger partial charge in [0.15, 0.2) is 0 Å². The van der Waals surface area contributed by atoms with Crippen molar-refractivity contribution < 1.29 is 0 Å². The Labute approximate surface area is 123 Å². The number of rotatable bonds is 4. The lowest BCUT2D eigenvalue weighted by molar-refractivity contribution is 0.0684. The number of hydrogen-bond donors (Lipinski definition) is 0. The van der Waals surface area contributed by atoms with E-state index in [-0.39, 0.29) is 5.54 Å². The first-order chi connectivity index (χ1) is 9.64. The minimum absolute atomic E-state index is 0.164. The van der Waals surface area contributed by atoms with E-state index in [1.807, 2.05) is 6.08 Å². The summed E-state index contributed by atoms with van der Waals surface area (Å²) < 4.78 is 0. The first-order valence-electron chi connectivity index (χ1n) is 7.40. The molecule has 1 aliphatic rings. The summed E-state index contributed by atoms with van der Waals surface area (Å²) in [6, 6.07) is 10.9. The van der Waals surface area contributed by atoms with Crippen LogP contribution in [0.5, 0.6) is 0 Å². The summed E-state index contributed by atoms with van der Waals surface area (Å²) >= 11 is 0. The molecule has 2 rings (SSSR count). The molecule has 1 aliphatic heterocycles. The maximum absolute atomic E-state index is 3.92. The Morgan fingerprint density at radius 3 is 2.25 bits per heavy atom. The molecule has 0 spiro atoms. The minimum Gasteiger partial charge on any atom is -0.372 e. The number of benzene rings is 1. The first kappa shape index (κ1) is 14.9. The molecule has 0 bridgehead atoms. The average Bonchev–Trinajstić information content (AvgIpc) is 2.50. The predicted octanol–water partition coefficient (Wildman–Crippen LogP) is 3.63. The number of allylic oxidation sites excluding steroid dienone is 2. The van der Waals surface area contributed by atoms with Gasteiger partial charge in [0.1, 0.15) is 0 Å². The van der Waals surface area contributed by atoms with Crippen molar-refractivity contribution in [2.24, 2.45) is 0 Å². The van der Waals surface area contributed by atoms with Crippen molar-refractivity contribution in [3.05, 3.63) is 60.3 Å². The summed E-state index contributed by atoms with van der Waals surface area (Å²) in [5.41, 5.74) is 2.85. The molecular weight excluding hydrogens is 244 g/mol. The molecule has 2 nitrogen and oxygen atoms in total. The normalized spacial score (nSPS) is 19.2. The van der Waals surface area contributed by atoms with Gasteiger partial charge in [0.2, 0.25) is 0 Å². The van der Waals surface area contributed by atoms with E-state index >= 15 is 0 Å². The van der Waals surface area contributed by atoms with Gasteiger partial charge in [0.05, 0.1) is 0 Å². The van der Waals surface area contributed by atoms with E-state index in [1.165, 1.54) is 11.3 Å². The van der Waals surface area contributed by atoms with Crippen LogP contribution in [0.25, 0.3) is 0 Å². The largest absolute Gasteiger partial charge is 0.372 e. The molecule has 20 heavy (non-hydrogen) atoms. The zero-order valence-corrected chi connectivity index (χ0v) is 13.0. The van der Waals surface area contributed by atoms with Gasteiger partial charge in [0.25, 0.3) is 0 Å². The highest BCUT2D eigenvalue weighted by Gasteiger charge is 2.38. The van der Waals surface area contributed by atoms with Gasteiger partial charge in [-0.05, 0) is 45.5 Å². The lowest BCUT2D eigenvalue weighted by atomic mass is 9.79. The molecule has 108 valence electrons. The Bertz CT molecular complexity index is 465. The topological polar surface area (TPSA) is 6.48 Å². The number of hydrogen-bond acceptors (Lipinski definition) is 2. The molecule has 0 amide bonds. The molecule has 0 atom stereocenters. The molecule has 0 aromatic heterocycles. The summed E-state index contributed by atoms with van der Waals surface area (Å²) in [6.45, 7) is 8.17. The Morgan fingerprint density at radius 1 is 1.20 bits per heavy atom. The van der Waals surface area contributed by atoms with Crippen molar-refractivity contribution >= 4 is 0 Å². The van der Waals surface area contributed by atoms with E-state index < -0.39 is 0 Å². The third-order valence-electron chi connectivity index (χ3n) is 4.63. The Morgan fingerprint density at radius 2 is 1.80 bits per heavy atom. The quantitative estimate of drug-likeness (QED) is 0.771. The Hall–Kier alpha value is -1.54. The fourth-order valence-corrected chi connectivity index (χ4v) is 3.31. The van der Waals surface area contributed by atoms with Crippen molar-refractivity contribution in [1.82, 2.24) is 9.80 Å². The third-order valence-corrected chi connectivity index (χ3v) is 4.63. The summed E-state index contributed by atoms with van der Waals surface area (Å²) in [6.07, 6.45) is 6.41. The second-order valence-corrected chi connectivity index (χ2v) is 5.70. The molecule has 1 aromatic rings. The van der Waals surface area contributed by atoms with E-state index in [1.54, 1.807) is 0 Å². The van der Waals surface area contributed by atoms with Crippen molar-refractivity contribution in [2.45, 2.75) is 25.3 Å². The molecule has 0 N–H and O–H groups in total. The molecule has 1 aromatic carbocycles. The van der Waals surface area contributed by atoms with Gasteiger partial charge >= 0.3 is 0 Å². The molecule has 0 unspecified atom stereocenters. The standard InChI is InChI=1S/C18H26N2/c1-5-17(6-2)20-14-12-18(13-15-20,19(3)4)16-10-8-7-9-11-16/h5-11H,1,12-15H2,2-4H3/b17-6-. The third kappa shape index (κ3) is 2.66. The van der Waals surface area contributed by atoms with Crippen LogP contribution >= 0.6 is 0 Å². The van der Waals surface area contributed by atoms with Crippen molar-refractivity contribution in [3.63, 3.8) is 0 Å². The van der Waals surface area contributed by atoms with Crippen molar-refractivity contribution in [1.29, 1.82) is 0 Å². The molecule has 1 fully saturated rings. The van der Waals surface area contributed by atoms with Crippen molar-refractivity contribution in [2.75, 3.05) is 27.2 Å². The van der Waals surface area contributed by atoms with Gasteiger partial charge < -0.3 is 4.90 Å². The lowest BCUT2D eigenvalue weighted by Gasteiger charge is -2.47. The van der Waals surface area contributed by atoms with E-state index in [2.05, 4.69) is 73.8 Å². The van der Waals surface area contributed by atoms with Crippen molar-refractivity contribution in [3.8, 4) is 0 Å². The van der Waals surface area contributed by atoms with E-state index in [4.69, 9.17) is 0 Å². The highest BCUT2D eigenvalue weighted by molar-refractivity contribution is 5.26.